The second-order valence-corrected chi connectivity index (χ2v) is 6.16. The highest BCUT2D eigenvalue weighted by molar-refractivity contribution is 4.97. The summed E-state index contributed by atoms with van der Waals surface area (Å²) in [4.78, 5) is 2.65. The summed E-state index contributed by atoms with van der Waals surface area (Å²) in [6, 6.07) is 0.831. The highest BCUT2D eigenvalue weighted by atomic mass is 15.2. The maximum absolute atomic E-state index is 6.13. The summed E-state index contributed by atoms with van der Waals surface area (Å²) < 4.78 is 0. The third-order valence-electron chi connectivity index (χ3n) is 5.19. The molecule has 0 heterocycles. The van der Waals surface area contributed by atoms with Crippen LogP contribution in [-0.2, 0) is 0 Å². The number of hydrogen-bond acceptors (Lipinski definition) is 2. The van der Waals surface area contributed by atoms with Gasteiger partial charge in [-0.25, -0.2) is 0 Å². The van der Waals surface area contributed by atoms with Gasteiger partial charge in [-0.1, -0.05) is 26.2 Å². The Kier molecular flexibility index (Phi) is 3.91. The van der Waals surface area contributed by atoms with Gasteiger partial charge in [-0.05, 0) is 45.1 Å². The highest BCUT2D eigenvalue weighted by Gasteiger charge is 2.39. The first-order valence-electron chi connectivity index (χ1n) is 7.11. The largest absolute Gasteiger partial charge is 0.329 e. The predicted molar refractivity (Wildman–Crippen MR) is 69.4 cm³/mol. The molecule has 0 aromatic rings. The van der Waals surface area contributed by atoms with Gasteiger partial charge in [-0.2, -0.15) is 0 Å². The zero-order valence-electron chi connectivity index (χ0n) is 11.0. The molecule has 0 aliphatic heterocycles. The lowest BCUT2D eigenvalue weighted by atomic mass is 9.82. The topological polar surface area (TPSA) is 29.3 Å². The molecule has 0 aromatic carbocycles. The molecule has 0 amide bonds. The Morgan fingerprint density at radius 1 is 1.12 bits per heavy atom. The van der Waals surface area contributed by atoms with Crippen molar-refractivity contribution < 1.29 is 0 Å². The molecule has 0 radical (unpaired) electrons. The normalized spacial score (nSPS) is 37.1. The first-order chi connectivity index (χ1) is 7.68. The molecule has 2 unspecified atom stereocenters. The van der Waals surface area contributed by atoms with E-state index < -0.39 is 0 Å². The van der Waals surface area contributed by atoms with Crippen molar-refractivity contribution in [1.29, 1.82) is 0 Å². The third-order valence-corrected chi connectivity index (χ3v) is 5.19. The molecule has 2 aliphatic carbocycles. The van der Waals surface area contributed by atoms with Crippen LogP contribution in [0.4, 0.5) is 0 Å². The predicted octanol–water partition coefficient (Wildman–Crippen LogP) is 2.77. The van der Waals surface area contributed by atoms with Crippen LogP contribution in [0.2, 0.25) is 0 Å². The van der Waals surface area contributed by atoms with Gasteiger partial charge in [0.25, 0.3) is 0 Å². The Hall–Kier alpha value is -0.0800. The lowest BCUT2D eigenvalue weighted by molar-refractivity contribution is 0.0266. The zero-order valence-corrected chi connectivity index (χ0v) is 11.0. The molecule has 0 aromatic heterocycles. The van der Waals surface area contributed by atoms with E-state index in [0.29, 0.717) is 5.54 Å². The molecular weight excluding hydrogens is 196 g/mol. The fourth-order valence-electron chi connectivity index (χ4n) is 3.43. The number of rotatable bonds is 3. The van der Waals surface area contributed by atoms with E-state index in [1.165, 1.54) is 51.4 Å². The minimum atomic E-state index is 0.329. The molecule has 2 rings (SSSR count). The van der Waals surface area contributed by atoms with Gasteiger partial charge in [-0.3, -0.25) is 4.90 Å². The summed E-state index contributed by atoms with van der Waals surface area (Å²) in [5.41, 5.74) is 6.46. The van der Waals surface area contributed by atoms with Gasteiger partial charge in [0.15, 0.2) is 0 Å². The molecule has 2 heteroatoms. The molecule has 2 fully saturated rings. The Labute approximate surface area is 101 Å². The summed E-state index contributed by atoms with van der Waals surface area (Å²) in [7, 11) is 2.33. The molecule has 2 N–H and O–H groups in total. The monoisotopic (exact) mass is 224 g/mol. The van der Waals surface area contributed by atoms with E-state index in [4.69, 9.17) is 5.73 Å². The van der Waals surface area contributed by atoms with Crippen molar-refractivity contribution in [2.24, 2.45) is 11.7 Å². The zero-order chi connectivity index (χ0) is 11.6. The fraction of sp³-hybridized carbons (Fsp3) is 1.00. The second-order valence-electron chi connectivity index (χ2n) is 6.16. The smallest absolute Gasteiger partial charge is 0.0331 e. The van der Waals surface area contributed by atoms with Gasteiger partial charge in [0.2, 0.25) is 0 Å². The van der Waals surface area contributed by atoms with E-state index in [0.717, 1.165) is 18.5 Å². The van der Waals surface area contributed by atoms with Crippen LogP contribution < -0.4 is 5.73 Å². The van der Waals surface area contributed by atoms with Crippen LogP contribution in [0.5, 0.6) is 0 Å². The summed E-state index contributed by atoms with van der Waals surface area (Å²) >= 11 is 0. The van der Waals surface area contributed by atoms with Gasteiger partial charge >= 0.3 is 0 Å². The van der Waals surface area contributed by atoms with Crippen molar-refractivity contribution in [2.45, 2.75) is 69.9 Å². The lowest BCUT2D eigenvalue weighted by Gasteiger charge is -2.48. The highest BCUT2D eigenvalue weighted by Crippen LogP contribution is 2.38. The summed E-state index contributed by atoms with van der Waals surface area (Å²) in [5.74, 6) is 0.906. The maximum Gasteiger partial charge on any atom is 0.0331 e. The van der Waals surface area contributed by atoms with E-state index in [9.17, 15) is 0 Å². The molecule has 94 valence electrons. The minimum absolute atomic E-state index is 0.329. The number of likely N-dealkylation sites (N-methyl/N-ethyl adjacent to an activating group) is 1. The van der Waals surface area contributed by atoms with Crippen molar-refractivity contribution in [2.75, 3.05) is 13.6 Å². The third kappa shape index (κ3) is 2.28. The van der Waals surface area contributed by atoms with Gasteiger partial charge in [0, 0.05) is 18.1 Å². The molecule has 0 spiro atoms. The van der Waals surface area contributed by atoms with E-state index >= 15 is 0 Å². The molecule has 16 heavy (non-hydrogen) atoms. The molecule has 2 nitrogen and oxygen atoms in total. The Morgan fingerprint density at radius 2 is 1.88 bits per heavy atom. The van der Waals surface area contributed by atoms with Gasteiger partial charge in [0.05, 0.1) is 0 Å². The minimum Gasteiger partial charge on any atom is -0.329 e. The molecule has 0 bridgehead atoms. The lowest BCUT2D eigenvalue weighted by Crippen LogP contribution is -2.57. The van der Waals surface area contributed by atoms with Crippen LogP contribution in [0.15, 0.2) is 0 Å². The van der Waals surface area contributed by atoms with Crippen LogP contribution in [0, 0.1) is 5.92 Å². The Balaban J connectivity index is 2.04. The van der Waals surface area contributed by atoms with Crippen LogP contribution in [0.3, 0.4) is 0 Å². The van der Waals surface area contributed by atoms with Crippen molar-refractivity contribution in [3.05, 3.63) is 0 Å². The first kappa shape index (κ1) is 12.4. The SMILES string of the molecule is CC1CCCC(CN)(N(C)C2CCC2)CC1. The van der Waals surface area contributed by atoms with Crippen molar-refractivity contribution in [1.82, 2.24) is 4.90 Å². The van der Waals surface area contributed by atoms with Crippen LogP contribution in [0.25, 0.3) is 0 Å². The molecule has 0 saturated heterocycles. The molecular formula is C14H28N2. The Morgan fingerprint density at radius 3 is 2.44 bits per heavy atom. The van der Waals surface area contributed by atoms with Crippen molar-refractivity contribution in [3.8, 4) is 0 Å². The van der Waals surface area contributed by atoms with E-state index in [-0.39, 0.29) is 0 Å². The summed E-state index contributed by atoms with van der Waals surface area (Å²) in [5, 5.41) is 0. The van der Waals surface area contributed by atoms with Gasteiger partial charge < -0.3 is 5.73 Å². The molecule has 2 saturated carbocycles. The van der Waals surface area contributed by atoms with Crippen LogP contribution in [0.1, 0.15) is 58.3 Å². The summed E-state index contributed by atoms with van der Waals surface area (Å²) in [6.07, 6.45) is 11.0. The maximum atomic E-state index is 6.13. The van der Waals surface area contributed by atoms with Gasteiger partial charge in [-0.15, -0.1) is 0 Å². The van der Waals surface area contributed by atoms with Gasteiger partial charge in [0.1, 0.15) is 0 Å². The average Bonchev–Trinajstić information content (AvgIpc) is 2.38. The molecule has 2 aliphatic rings. The van der Waals surface area contributed by atoms with Crippen LogP contribution >= 0.6 is 0 Å². The fourth-order valence-corrected chi connectivity index (χ4v) is 3.43. The number of nitrogens with zero attached hydrogens (tertiary/aromatic N) is 1. The molecule has 2 atom stereocenters. The van der Waals surface area contributed by atoms with E-state index in [2.05, 4.69) is 18.9 Å². The number of hydrogen-bond donors (Lipinski definition) is 1. The quantitative estimate of drug-likeness (QED) is 0.747. The van der Waals surface area contributed by atoms with Crippen molar-refractivity contribution in [3.63, 3.8) is 0 Å². The average molecular weight is 224 g/mol. The second kappa shape index (κ2) is 5.05. The first-order valence-corrected chi connectivity index (χ1v) is 7.11. The van der Waals surface area contributed by atoms with E-state index in [1.807, 2.05) is 0 Å². The van der Waals surface area contributed by atoms with Crippen molar-refractivity contribution >= 4 is 0 Å². The Bertz CT molecular complexity index is 225. The summed E-state index contributed by atoms with van der Waals surface area (Å²) in [6.45, 7) is 3.25. The standard InChI is InChI=1S/C14H28N2/c1-12-5-4-9-14(11-15,10-8-12)16(2)13-6-3-7-13/h12-13H,3-11,15H2,1-2H3. The number of nitrogens with two attached hydrogens (primary N) is 1. The van der Waals surface area contributed by atoms with E-state index in [1.54, 1.807) is 0 Å². The van der Waals surface area contributed by atoms with Crippen LogP contribution in [-0.4, -0.2) is 30.1 Å².